The van der Waals surface area contributed by atoms with E-state index < -0.39 is 0 Å². The molecule has 0 bridgehead atoms. The van der Waals surface area contributed by atoms with Crippen LogP contribution in [0, 0.1) is 6.92 Å². The number of carbonyl (C=O) groups excluding carboxylic acids is 1. The summed E-state index contributed by atoms with van der Waals surface area (Å²) in [4.78, 5) is 17.0. The topological polar surface area (TPSA) is 69.7 Å². The molecular weight excluding hydrogens is 628 g/mol. The molecule has 152 valence electrons. The Morgan fingerprint density at radius 3 is 2.32 bits per heavy atom. The number of aromatic nitrogens is 1. The van der Waals surface area contributed by atoms with Gasteiger partial charge in [-0.15, -0.1) is 0 Å². The van der Waals surface area contributed by atoms with E-state index in [4.69, 9.17) is 14.2 Å². The minimum absolute atomic E-state index is 0.250. The standard InChI is InChI=1S/C18H18Br4N2O4/c1-10-13(15(20)17(22)16(21)14(10)19)18(25)24-11-3-4-12(23-9-11)28-8-7-27-6-5-26-2/h3-4,9H,5-8H2,1-2H3,(H,24,25). The Hall–Kier alpha value is -0.520. The lowest BCUT2D eigenvalue weighted by Gasteiger charge is -2.14. The second kappa shape index (κ2) is 11.6. The molecule has 1 heterocycles. The van der Waals surface area contributed by atoms with E-state index in [-0.39, 0.29) is 5.91 Å². The first kappa shape index (κ1) is 23.8. The van der Waals surface area contributed by atoms with E-state index in [0.29, 0.717) is 48.0 Å². The minimum Gasteiger partial charge on any atom is -0.475 e. The van der Waals surface area contributed by atoms with Crippen LogP contribution in [0.25, 0.3) is 0 Å². The molecule has 28 heavy (non-hydrogen) atoms. The number of hydrogen-bond donors (Lipinski definition) is 1. The van der Waals surface area contributed by atoms with Gasteiger partial charge in [-0.05, 0) is 82.3 Å². The predicted octanol–water partition coefficient (Wildman–Crippen LogP) is 5.73. The summed E-state index contributed by atoms with van der Waals surface area (Å²) in [6.07, 6.45) is 1.55. The van der Waals surface area contributed by atoms with Crippen molar-refractivity contribution in [3.63, 3.8) is 0 Å². The molecule has 0 saturated heterocycles. The summed E-state index contributed by atoms with van der Waals surface area (Å²) in [7, 11) is 1.62. The first-order valence-corrected chi connectivity index (χ1v) is 11.3. The maximum Gasteiger partial charge on any atom is 0.257 e. The fourth-order valence-corrected chi connectivity index (χ4v) is 4.69. The van der Waals surface area contributed by atoms with Crippen molar-refractivity contribution >= 4 is 75.3 Å². The highest BCUT2D eigenvalue weighted by Crippen LogP contribution is 2.42. The van der Waals surface area contributed by atoms with Gasteiger partial charge < -0.3 is 19.5 Å². The van der Waals surface area contributed by atoms with Gasteiger partial charge in [0.2, 0.25) is 5.88 Å². The van der Waals surface area contributed by atoms with E-state index in [1.54, 1.807) is 25.4 Å². The number of ether oxygens (including phenoxy) is 3. The monoisotopic (exact) mass is 642 g/mol. The van der Waals surface area contributed by atoms with Gasteiger partial charge in [0, 0.05) is 31.1 Å². The Kier molecular flexibility index (Phi) is 9.85. The minimum atomic E-state index is -0.250. The molecule has 0 saturated carbocycles. The number of halogens is 4. The van der Waals surface area contributed by atoms with Gasteiger partial charge in [0.15, 0.2) is 0 Å². The largest absolute Gasteiger partial charge is 0.475 e. The van der Waals surface area contributed by atoms with Crippen molar-refractivity contribution in [3.8, 4) is 5.88 Å². The quantitative estimate of drug-likeness (QED) is 0.214. The molecule has 0 spiro atoms. The van der Waals surface area contributed by atoms with E-state index in [2.05, 4.69) is 74.0 Å². The fourth-order valence-electron chi connectivity index (χ4n) is 2.19. The fraction of sp³-hybridized carbons (Fsp3) is 0.333. The van der Waals surface area contributed by atoms with E-state index >= 15 is 0 Å². The lowest BCUT2D eigenvalue weighted by atomic mass is 10.1. The van der Waals surface area contributed by atoms with E-state index in [1.165, 1.54) is 0 Å². The molecule has 0 aliphatic carbocycles. The lowest BCUT2D eigenvalue weighted by molar-refractivity contribution is 0.0537. The Morgan fingerprint density at radius 2 is 1.68 bits per heavy atom. The van der Waals surface area contributed by atoms with Gasteiger partial charge in [0.05, 0.1) is 37.3 Å². The highest BCUT2D eigenvalue weighted by molar-refractivity contribution is 9.15. The van der Waals surface area contributed by atoms with Crippen LogP contribution in [-0.4, -0.2) is 44.4 Å². The SMILES string of the molecule is COCCOCCOc1ccc(NC(=O)c2c(C)c(Br)c(Br)c(Br)c2Br)cn1. The van der Waals surface area contributed by atoms with Gasteiger partial charge in [0.25, 0.3) is 5.91 Å². The van der Waals surface area contributed by atoms with E-state index in [0.717, 1.165) is 19.0 Å². The summed E-state index contributed by atoms with van der Waals surface area (Å²) in [6.45, 7) is 3.77. The van der Waals surface area contributed by atoms with Crippen LogP contribution in [0.15, 0.2) is 36.2 Å². The third-order valence-electron chi connectivity index (χ3n) is 3.63. The molecule has 0 aliphatic rings. The number of anilines is 1. The van der Waals surface area contributed by atoms with Crippen LogP contribution in [0.4, 0.5) is 5.69 Å². The van der Waals surface area contributed by atoms with Crippen molar-refractivity contribution in [2.45, 2.75) is 6.92 Å². The summed E-state index contributed by atoms with van der Waals surface area (Å²) in [6, 6.07) is 3.43. The second-order valence-corrected chi connectivity index (χ2v) is 8.72. The van der Waals surface area contributed by atoms with Crippen LogP contribution in [0.5, 0.6) is 5.88 Å². The zero-order chi connectivity index (χ0) is 20.7. The molecule has 0 fully saturated rings. The number of amides is 1. The molecule has 1 aromatic carbocycles. The zero-order valence-electron chi connectivity index (χ0n) is 15.2. The molecule has 2 rings (SSSR count). The zero-order valence-corrected chi connectivity index (χ0v) is 21.5. The molecule has 1 aromatic heterocycles. The van der Waals surface area contributed by atoms with Crippen LogP contribution in [-0.2, 0) is 9.47 Å². The van der Waals surface area contributed by atoms with Gasteiger partial charge in [-0.2, -0.15) is 0 Å². The van der Waals surface area contributed by atoms with Crippen LogP contribution >= 0.6 is 63.7 Å². The Bertz CT molecular complexity index is 802. The molecule has 1 amide bonds. The van der Waals surface area contributed by atoms with Gasteiger partial charge in [-0.25, -0.2) is 4.98 Å². The first-order chi connectivity index (χ1) is 13.4. The van der Waals surface area contributed by atoms with E-state index in [9.17, 15) is 4.79 Å². The van der Waals surface area contributed by atoms with Crippen molar-refractivity contribution in [2.24, 2.45) is 0 Å². The molecule has 0 unspecified atom stereocenters. The van der Waals surface area contributed by atoms with Crippen LogP contribution in [0.1, 0.15) is 15.9 Å². The Labute approximate surface area is 197 Å². The highest BCUT2D eigenvalue weighted by Gasteiger charge is 2.21. The van der Waals surface area contributed by atoms with Gasteiger partial charge >= 0.3 is 0 Å². The predicted molar refractivity (Wildman–Crippen MR) is 122 cm³/mol. The Morgan fingerprint density at radius 1 is 1.00 bits per heavy atom. The summed E-state index contributed by atoms with van der Waals surface area (Å²) < 4.78 is 18.8. The molecule has 0 atom stereocenters. The molecule has 0 aliphatic heterocycles. The molecule has 10 heteroatoms. The van der Waals surface area contributed by atoms with Crippen molar-refractivity contribution in [1.29, 1.82) is 0 Å². The summed E-state index contributed by atoms with van der Waals surface area (Å²) in [5.41, 5.74) is 1.89. The molecule has 6 nitrogen and oxygen atoms in total. The van der Waals surface area contributed by atoms with Crippen LogP contribution in [0.3, 0.4) is 0 Å². The number of pyridine rings is 1. The number of benzene rings is 1. The number of hydrogen-bond acceptors (Lipinski definition) is 5. The Balaban J connectivity index is 1.98. The van der Waals surface area contributed by atoms with Gasteiger partial charge in [-0.1, -0.05) is 0 Å². The number of carbonyl (C=O) groups is 1. The second-order valence-electron chi connectivity index (χ2n) is 5.55. The summed E-state index contributed by atoms with van der Waals surface area (Å²) in [5, 5.41) is 2.85. The molecule has 1 N–H and O–H groups in total. The number of methoxy groups -OCH3 is 1. The van der Waals surface area contributed by atoms with Gasteiger partial charge in [-0.3, -0.25) is 4.79 Å². The van der Waals surface area contributed by atoms with Crippen molar-refractivity contribution in [1.82, 2.24) is 4.98 Å². The number of nitrogens with zero attached hydrogens (tertiary/aromatic N) is 1. The highest BCUT2D eigenvalue weighted by atomic mass is 79.9. The van der Waals surface area contributed by atoms with Gasteiger partial charge in [0.1, 0.15) is 6.61 Å². The number of rotatable bonds is 9. The van der Waals surface area contributed by atoms with Crippen molar-refractivity contribution < 1.29 is 19.0 Å². The maximum atomic E-state index is 12.8. The normalized spacial score (nSPS) is 10.8. The lowest BCUT2D eigenvalue weighted by Crippen LogP contribution is -2.15. The van der Waals surface area contributed by atoms with Crippen LogP contribution < -0.4 is 10.1 Å². The maximum absolute atomic E-state index is 12.8. The smallest absolute Gasteiger partial charge is 0.257 e. The third kappa shape index (κ3) is 6.24. The average Bonchev–Trinajstić information content (AvgIpc) is 2.69. The first-order valence-electron chi connectivity index (χ1n) is 8.16. The summed E-state index contributed by atoms with van der Waals surface area (Å²) in [5.74, 6) is 0.208. The molecular formula is C18H18Br4N2O4. The van der Waals surface area contributed by atoms with Crippen molar-refractivity contribution in [3.05, 3.63) is 47.3 Å². The third-order valence-corrected chi connectivity index (χ3v) is 8.60. The van der Waals surface area contributed by atoms with E-state index in [1.807, 2.05) is 6.92 Å². The summed E-state index contributed by atoms with van der Waals surface area (Å²) >= 11 is 13.9. The molecule has 0 radical (unpaired) electrons. The van der Waals surface area contributed by atoms with Crippen molar-refractivity contribution in [2.75, 3.05) is 38.9 Å². The molecule has 2 aromatic rings. The number of nitrogens with one attached hydrogen (secondary N) is 1. The average molecular weight is 646 g/mol. The van der Waals surface area contributed by atoms with Crippen LogP contribution in [0.2, 0.25) is 0 Å².